The lowest BCUT2D eigenvalue weighted by atomic mass is 10.4. The number of H-pyrrole nitrogens is 1. The summed E-state index contributed by atoms with van der Waals surface area (Å²) in [6.45, 7) is 2.01. The number of sulfone groups is 1. The van der Waals surface area contributed by atoms with Gasteiger partial charge in [0.15, 0.2) is 15.7 Å². The van der Waals surface area contributed by atoms with E-state index in [-0.39, 0.29) is 16.5 Å². The molecule has 0 aliphatic heterocycles. The molecule has 2 rings (SSSR count). The lowest BCUT2D eigenvalue weighted by molar-refractivity contribution is 0.598. The molecule has 0 fully saturated rings. The fraction of sp³-hybridized carbons (Fsp3) is 0.333. The average Bonchev–Trinajstić information content (AvgIpc) is 2.95. The Morgan fingerprint density at radius 1 is 1.56 bits per heavy atom. The van der Waals surface area contributed by atoms with Gasteiger partial charge in [-0.25, -0.2) is 8.42 Å². The summed E-state index contributed by atoms with van der Waals surface area (Å²) in [6, 6.07) is 1.80. The average molecular weight is 287 g/mol. The molecule has 2 aromatic rings. The third-order valence-corrected chi connectivity index (χ3v) is 5.11. The van der Waals surface area contributed by atoms with Gasteiger partial charge in [0.25, 0.3) is 0 Å². The molecule has 4 N–H and O–H groups in total. The molecule has 0 radical (unpaired) electrons. The summed E-state index contributed by atoms with van der Waals surface area (Å²) in [7, 11) is -3.37. The maximum Gasteiger partial charge on any atom is 0.184 e. The van der Waals surface area contributed by atoms with Crippen LogP contribution in [0.4, 0.5) is 10.8 Å². The third kappa shape index (κ3) is 2.46. The van der Waals surface area contributed by atoms with Gasteiger partial charge in [-0.3, -0.25) is 5.10 Å². The Morgan fingerprint density at radius 3 is 2.94 bits per heavy atom. The zero-order valence-electron chi connectivity index (χ0n) is 9.67. The van der Waals surface area contributed by atoms with Crippen LogP contribution in [-0.2, 0) is 16.4 Å². The smallest absolute Gasteiger partial charge is 0.184 e. The van der Waals surface area contributed by atoms with E-state index in [4.69, 9.17) is 5.73 Å². The fourth-order valence-electron chi connectivity index (χ4n) is 1.41. The van der Waals surface area contributed by atoms with E-state index in [0.29, 0.717) is 11.5 Å². The van der Waals surface area contributed by atoms with Gasteiger partial charge in [0.2, 0.25) is 0 Å². The molecule has 0 aliphatic rings. The van der Waals surface area contributed by atoms with E-state index in [2.05, 4.69) is 19.9 Å². The van der Waals surface area contributed by atoms with Crippen molar-refractivity contribution >= 4 is 32.2 Å². The zero-order valence-corrected chi connectivity index (χ0v) is 11.3. The highest BCUT2D eigenvalue weighted by Crippen LogP contribution is 2.32. The van der Waals surface area contributed by atoms with Crippen molar-refractivity contribution in [2.24, 2.45) is 0 Å². The number of rotatable bonds is 5. The van der Waals surface area contributed by atoms with Gasteiger partial charge in [0.1, 0.15) is 9.90 Å². The first-order valence-corrected chi connectivity index (χ1v) is 7.67. The molecule has 0 spiro atoms. The highest BCUT2D eigenvalue weighted by molar-refractivity contribution is 7.91. The molecule has 0 aromatic carbocycles. The first kappa shape index (κ1) is 12.8. The lowest BCUT2D eigenvalue weighted by Crippen LogP contribution is -2.09. The van der Waals surface area contributed by atoms with E-state index in [9.17, 15) is 8.42 Å². The number of aromatic nitrogens is 3. The van der Waals surface area contributed by atoms with Crippen molar-refractivity contribution < 1.29 is 8.42 Å². The number of nitrogens with zero attached hydrogens (tertiary/aromatic N) is 2. The number of anilines is 2. The highest BCUT2D eigenvalue weighted by Gasteiger charge is 2.23. The maximum atomic E-state index is 11.9. The minimum Gasteiger partial charge on any atom is -0.382 e. The molecule has 0 saturated carbocycles. The summed E-state index contributed by atoms with van der Waals surface area (Å²) in [5.74, 6) is 0.0444. The first-order chi connectivity index (χ1) is 8.54. The van der Waals surface area contributed by atoms with Crippen molar-refractivity contribution in [3.05, 3.63) is 18.0 Å². The molecule has 18 heavy (non-hydrogen) atoms. The molecular weight excluding hydrogens is 274 g/mol. The van der Waals surface area contributed by atoms with Crippen molar-refractivity contribution in [1.82, 2.24) is 14.6 Å². The predicted octanol–water partition coefficient (Wildman–Crippen LogP) is 0.854. The Kier molecular flexibility index (Phi) is 3.53. The van der Waals surface area contributed by atoms with Crippen molar-refractivity contribution in [2.45, 2.75) is 18.4 Å². The molecule has 2 aromatic heterocycles. The van der Waals surface area contributed by atoms with Gasteiger partial charge in [-0.15, -0.1) is 0 Å². The minimum atomic E-state index is -3.37. The molecule has 0 bridgehead atoms. The normalized spacial score (nSPS) is 11.6. The Hall–Kier alpha value is -1.61. The molecule has 9 heteroatoms. The van der Waals surface area contributed by atoms with Crippen LogP contribution in [0.3, 0.4) is 0 Å². The second-order valence-electron chi connectivity index (χ2n) is 3.56. The molecule has 0 aliphatic carbocycles. The van der Waals surface area contributed by atoms with Gasteiger partial charge in [-0.1, -0.05) is 6.92 Å². The number of nitrogens with two attached hydrogens (primary N) is 1. The quantitative estimate of drug-likeness (QED) is 0.751. The van der Waals surface area contributed by atoms with Crippen molar-refractivity contribution in [3.8, 4) is 0 Å². The molecule has 0 amide bonds. The van der Waals surface area contributed by atoms with Gasteiger partial charge in [0, 0.05) is 6.20 Å². The van der Waals surface area contributed by atoms with Crippen molar-refractivity contribution in [1.29, 1.82) is 0 Å². The van der Waals surface area contributed by atoms with Crippen LogP contribution in [0, 0.1) is 0 Å². The van der Waals surface area contributed by atoms with Crippen LogP contribution in [0.1, 0.15) is 12.6 Å². The van der Waals surface area contributed by atoms with Crippen LogP contribution in [-0.4, -0.2) is 28.7 Å². The summed E-state index contributed by atoms with van der Waals surface area (Å²) >= 11 is 1.04. The SMILES string of the molecule is CCS(=O)(=O)c1c(N)nsc1NCc1ccn[nH]1. The topological polar surface area (TPSA) is 114 Å². The monoisotopic (exact) mass is 287 g/mol. The first-order valence-electron chi connectivity index (χ1n) is 5.24. The highest BCUT2D eigenvalue weighted by atomic mass is 32.2. The molecule has 0 unspecified atom stereocenters. The summed E-state index contributed by atoms with van der Waals surface area (Å²) in [5.41, 5.74) is 6.46. The third-order valence-electron chi connectivity index (χ3n) is 2.36. The Balaban J connectivity index is 2.24. The van der Waals surface area contributed by atoms with Crippen molar-refractivity contribution in [3.63, 3.8) is 0 Å². The zero-order chi connectivity index (χ0) is 13.2. The van der Waals surface area contributed by atoms with Crippen LogP contribution in [0.25, 0.3) is 0 Å². The summed E-state index contributed by atoms with van der Waals surface area (Å²) in [6.07, 6.45) is 1.63. The fourth-order valence-corrected chi connectivity index (χ4v) is 3.57. The van der Waals surface area contributed by atoms with E-state index in [1.807, 2.05) is 0 Å². The van der Waals surface area contributed by atoms with Crippen LogP contribution >= 0.6 is 11.5 Å². The van der Waals surface area contributed by atoms with Gasteiger partial charge < -0.3 is 11.1 Å². The van der Waals surface area contributed by atoms with Gasteiger partial charge in [0.05, 0.1) is 18.0 Å². The standard InChI is InChI=1S/C9H13N5O2S2/c1-2-18(15,16)7-8(10)14-17-9(7)11-5-6-3-4-12-13-6/h3-4,11H,2,5H2,1H3,(H2,10,14)(H,12,13). The summed E-state index contributed by atoms with van der Waals surface area (Å²) in [4.78, 5) is 0.0921. The van der Waals surface area contributed by atoms with Gasteiger partial charge in [-0.2, -0.15) is 9.47 Å². The number of nitrogen functional groups attached to an aromatic ring is 1. The molecule has 7 nitrogen and oxygen atoms in total. The number of aromatic amines is 1. The number of hydrogen-bond acceptors (Lipinski definition) is 7. The maximum absolute atomic E-state index is 11.9. The van der Waals surface area contributed by atoms with Crippen molar-refractivity contribution in [2.75, 3.05) is 16.8 Å². The minimum absolute atomic E-state index is 0.00560. The van der Waals surface area contributed by atoms with Crippen LogP contribution in [0.2, 0.25) is 0 Å². The second-order valence-corrected chi connectivity index (χ2v) is 6.55. The Labute approximate surface area is 108 Å². The Bertz CT molecular complexity index is 617. The largest absolute Gasteiger partial charge is 0.382 e. The van der Waals surface area contributed by atoms with Gasteiger partial charge >= 0.3 is 0 Å². The number of hydrogen-bond donors (Lipinski definition) is 3. The van der Waals surface area contributed by atoms with E-state index in [1.165, 1.54) is 0 Å². The molecule has 98 valence electrons. The molecule has 0 saturated heterocycles. The second kappa shape index (κ2) is 4.94. The van der Waals surface area contributed by atoms with E-state index in [1.54, 1.807) is 19.2 Å². The Morgan fingerprint density at radius 2 is 2.33 bits per heavy atom. The van der Waals surface area contributed by atoms with E-state index < -0.39 is 9.84 Å². The molecule has 2 heterocycles. The van der Waals surface area contributed by atoms with E-state index in [0.717, 1.165) is 17.2 Å². The van der Waals surface area contributed by atoms with Crippen LogP contribution in [0.5, 0.6) is 0 Å². The predicted molar refractivity (Wildman–Crippen MR) is 70.2 cm³/mol. The summed E-state index contributed by atoms with van der Waals surface area (Å²) in [5, 5.41) is 10.0. The molecule has 0 atom stereocenters. The van der Waals surface area contributed by atoms with Crippen LogP contribution < -0.4 is 11.1 Å². The van der Waals surface area contributed by atoms with E-state index >= 15 is 0 Å². The van der Waals surface area contributed by atoms with Gasteiger partial charge in [-0.05, 0) is 17.6 Å². The molecular formula is C9H13N5O2S2. The number of nitrogens with one attached hydrogen (secondary N) is 2. The summed E-state index contributed by atoms with van der Waals surface area (Å²) < 4.78 is 27.7. The van der Waals surface area contributed by atoms with Crippen LogP contribution in [0.15, 0.2) is 17.2 Å². The lowest BCUT2D eigenvalue weighted by Gasteiger charge is -2.05.